The van der Waals surface area contributed by atoms with Gasteiger partial charge in [0, 0.05) is 42.8 Å². The molecular weight excluding hydrogens is 636 g/mol. The summed E-state index contributed by atoms with van der Waals surface area (Å²) in [6.45, 7) is 2.34. The van der Waals surface area contributed by atoms with Gasteiger partial charge in [0.15, 0.2) is 16.6 Å². The number of carbonyl (C=O) groups is 1. The number of methoxy groups -OCH3 is 1. The van der Waals surface area contributed by atoms with E-state index in [4.69, 9.17) is 21.1 Å². The average Bonchev–Trinajstić information content (AvgIpc) is 3.47. The molecule has 1 aromatic heterocycles. The van der Waals surface area contributed by atoms with Crippen molar-refractivity contribution in [1.29, 1.82) is 0 Å². The molecule has 0 aliphatic rings. The van der Waals surface area contributed by atoms with Gasteiger partial charge < -0.3 is 14.8 Å². The molecule has 0 saturated carbocycles. The van der Waals surface area contributed by atoms with Crippen LogP contribution >= 0.6 is 38.9 Å². The molecule has 10 heteroatoms. The van der Waals surface area contributed by atoms with Crippen molar-refractivity contribution in [1.82, 2.24) is 10.4 Å². The first kappa shape index (κ1) is 29.3. The minimum absolute atomic E-state index is 0.290. The van der Waals surface area contributed by atoms with Crippen LogP contribution in [0.2, 0.25) is 5.02 Å². The number of aromatic nitrogens is 1. The van der Waals surface area contributed by atoms with Gasteiger partial charge in [-0.05, 0) is 65.3 Å². The van der Waals surface area contributed by atoms with Crippen molar-refractivity contribution in [3.05, 3.63) is 122 Å². The van der Waals surface area contributed by atoms with Crippen molar-refractivity contribution >= 4 is 61.8 Å². The van der Waals surface area contributed by atoms with E-state index >= 15 is 0 Å². The van der Waals surface area contributed by atoms with E-state index < -0.39 is 0 Å². The molecule has 0 aliphatic carbocycles. The fraction of sp³-hybridized carbons (Fsp3) is 0.0938. The number of anilines is 2. The van der Waals surface area contributed by atoms with E-state index in [2.05, 4.69) is 55.8 Å². The summed E-state index contributed by atoms with van der Waals surface area (Å²) in [7, 11) is 1.56. The topological polar surface area (TPSA) is 84.8 Å². The standard InChI is InChI=1S/C32H26BrClN4O3S/c1-20-7-13-25(14-8-20)36-32-37-28(19-42-32)21-9-11-22(12-10-21)31(39)38-35-17-24-15-29(40-2)30(16-26(24)33)41-18-23-5-3-4-6-27(23)34/h3-17,19H,18H2,1-2H3,(H,36,37)(H,38,39)/b35-17-. The van der Waals surface area contributed by atoms with Crippen LogP contribution in [0.4, 0.5) is 10.8 Å². The van der Waals surface area contributed by atoms with Crippen molar-refractivity contribution in [2.24, 2.45) is 5.10 Å². The first-order valence-electron chi connectivity index (χ1n) is 12.9. The van der Waals surface area contributed by atoms with Crippen molar-refractivity contribution in [3.63, 3.8) is 0 Å². The zero-order valence-corrected chi connectivity index (χ0v) is 25.9. The molecule has 0 saturated heterocycles. The van der Waals surface area contributed by atoms with E-state index in [1.54, 1.807) is 31.4 Å². The van der Waals surface area contributed by atoms with Crippen LogP contribution in [0.25, 0.3) is 11.3 Å². The first-order valence-corrected chi connectivity index (χ1v) is 14.9. The maximum absolute atomic E-state index is 12.7. The smallest absolute Gasteiger partial charge is 0.271 e. The van der Waals surface area contributed by atoms with E-state index in [1.165, 1.54) is 23.1 Å². The summed E-state index contributed by atoms with van der Waals surface area (Å²) in [5.41, 5.74) is 8.55. The van der Waals surface area contributed by atoms with Crippen LogP contribution < -0.4 is 20.2 Å². The average molecular weight is 662 g/mol. The number of nitrogens with zero attached hydrogens (tertiary/aromatic N) is 2. The maximum atomic E-state index is 12.7. The molecule has 1 heterocycles. The summed E-state index contributed by atoms with van der Waals surface area (Å²) in [6.07, 6.45) is 1.54. The van der Waals surface area contributed by atoms with E-state index in [9.17, 15) is 4.79 Å². The monoisotopic (exact) mass is 660 g/mol. The molecule has 0 radical (unpaired) electrons. The van der Waals surface area contributed by atoms with Gasteiger partial charge in [0.05, 0.1) is 19.0 Å². The Kier molecular flexibility index (Phi) is 9.53. The highest BCUT2D eigenvalue weighted by Crippen LogP contribution is 2.34. The molecule has 5 rings (SSSR count). The summed E-state index contributed by atoms with van der Waals surface area (Å²) in [6, 6.07) is 26.4. The molecular formula is C32H26BrClN4O3S. The number of hydrogen-bond donors (Lipinski definition) is 2. The second-order valence-corrected chi connectivity index (χ2v) is 11.3. The van der Waals surface area contributed by atoms with E-state index in [0.717, 1.165) is 32.1 Å². The van der Waals surface area contributed by atoms with Gasteiger partial charge in [0.2, 0.25) is 0 Å². The molecule has 0 spiro atoms. The van der Waals surface area contributed by atoms with E-state index in [0.29, 0.717) is 34.3 Å². The molecule has 0 atom stereocenters. The molecule has 0 fully saturated rings. The summed E-state index contributed by atoms with van der Waals surface area (Å²) in [5.74, 6) is 0.734. The Balaban J connectivity index is 1.19. The van der Waals surface area contributed by atoms with Gasteiger partial charge in [0.1, 0.15) is 6.61 Å². The summed E-state index contributed by atoms with van der Waals surface area (Å²) in [5, 5.41) is 10.9. The number of aryl methyl sites for hydroxylation is 1. The molecule has 5 aromatic rings. The Morgan fingerprint density at radius 1 is 1.05 bits per heavy atom. The Morgan fingerprint density at radius 3 is 2.55 bits per heavy atom. The zero-order valence-electron chi connectivity index (χ0n) is 22.7. The number of carbonyl (C=O) groups excluding carboxylic acids is 1. The summed E-state index contributed by atoms with van der Waals surface area (Å²) < 4.78 is 12.2. The Bertz CT molecular complexity index is 1720. The quantitative estimate of drug-likeness (QED) is 0.116. The van der Waals surface area contributed by atoms with Gasteiger partial charge in [-0.15, -0.1) is 11.3 Å². The van der Waals surface area contributed by atoms with Crippen LogP contribution in [0, 0.1) is 6.92 Å². The number of rotatable bonds is 10. The molecule has 42 heavy (non-hydrogen) atoms. The molecule has 212 valence electrons. The third-order valence-corrected chi connectivity index (χ3v) is 8.06. The minimum atomic E-state index is -0.333. The van der Waals surface area contributed by atoms with Crippen LogP contribution in [0.1, 0.15) is 27.0 Å². The molecule has 0 bridgehead atoms. The number of hydrazone groups is 1. The van der Waals surface area contributed by atoms with Crippen molar-refractivity contribution < 1.29 is 14.3 Å². The number of thiazole rings is 1. The SMILES string of the molecule is COc1cc(/C=N\NC(=O)c2ccc(-c3csc(Nc4ccc(C)cc4)n3)cc2)c(Br)cc1OCc1ccccc1Cl. The Labute approximate surface area is 261 Å². The minimum Gasteiger partial charge on any atom is -0.493 e. The fourth-order valence-corrected chi connectivity index (χ4v) is 5.29. The fourth-order valence-electron chi connectivity index (χ4n) is 3.93. The van der Waals surface area contributed by atoms with Crippen molar-refractivity contribution in [2.75, 3.05) is 12.4 Å². The largest absolute Gasteiger partial charge is 0.493 e. The maximum Gasteiger partial charge on any atom is 0.271 e. The molecule has 7 nitrogen and oxygen atoms in total. The number of benzene rings is 4. The van der Waals surface area contributed by atoms with E-state index in [-0.39, 0.29) is 5.91 Å². The summed E-state index contributed by atoms with van der Waals surface area (Å²) in [4.78, 5) is 17.4. The normalized spacial score (nSPS) is 11.0. The number of amides is 1. The first-order chi connectivity index (χ1) is 20.4. The van der Waals surface area contributed by atoms with Gasteiger partial charge >= 0.3 is 0 Å². The van der Waals surface area contributed by atoms with Crippen LogP contribution in [0.5, 0.6) is 11.5 Å². The summed E-state index contributed by atoms with van der Waals surface area (Å²) >= 11 is 11.3. The second-order valence-electron chi connectivity index (χ2n) is 9.21. The third-order valence-electron chi connectivity index (χ3n) is 6.24. The molecule has 2 N–H and O–H groups in total. The number of hydrogen-bond acceptors (Lipinski definition) is 7. The number of halogens is 2. The molecule has 0 aliphatic heterocycles. The van der Waals surface area contributed by atoms with E-state index in [1.807, 2.05) is 53.9 Å². The lowest BCUT2D eigenvalue weighted by molar-refractivity contribution is 0.0955. The highest BCUT2D eigenvalue weighted by molar-refractivity contribution is 9.10. The number of nitrogens with one attached hydrogen (secondary N) is 2. The lowest BCUT2D eigenvalue weighted by Gasteiger charge is -2.13. The molecule has 4 aromatic carbocycles. The zero-order chi connectivity index (χ0) is 29.5. The van der Waals surface area contributed by atoms with Gasteiger partial charge in [-0.1, -0.05) is 59.6 Å². The molecule has 0 unspecified atom stereocenters. The highest BCUT2D eigenvalue weighted by Gasteiger charge is 2.12. The lowest BCUT2D eigenvalue weighted by Crippen LogP contribution is -2.17. The molecule has 1 amide bonds. The van der Waals surface area contributed by atoms with Gasteiger partial charge in [-0.2, -0.15) is 5.10 Å². The van der Waals surface area contributed by atoms with Gasteiger partial charge in [-0.25, -0.2) is 10.4 Å². The predicted molar refractivity (Wildman–Crippen MR) is 174 cm³/mol. The van der Waals surface area contributed by atoms with Crippen LogP contribution in [-0.2, 0) is 6.61 Å². The highest BCUT2D eigenvalue weighted by atomic mass is 79.9. The predicted octanol–water partition coefficient (Wildman–Crippen LogP) is 8.63. The Morgan fingerprint density at radius 2 is 1.81 bits per heavy atom. The number of ether oxygens (including phenoxy) is 2. The van der Waals surface area contributed by atoms with Crippen LogP contribution in [0.3, 0.4) is 0 Å². The van der Waals surface area contributed by atoms with Crippen LogP contribution in [-0.4, -0.2) is 24.2 Å². The third kappa shape index (κ3) is 7.36. The van der Waals surface area contributed by atoms with Crippen LogP contribution in [0.15, 0.2) is 99.9 Å². The van der Waals surface area contributed by atoms with Crippen molar-refractivity contribution in [3.8, 4) is 22.8 Å². The van der Waals surface area contributed by atoms with Gasteiger partial charge in [0.25, 0.3) is 5.91 Å². The second kappa shape index (κ2) is 13.7. The Hall–Kier alpha value is -4.18. The van der Waals surface area contributed by atoms with Gasteiger partial charge in [-0.3, -0.25) is 4.79 Å². The van der Waals surface area contributed by atoms with Crippen molar-refractivity contribution in [2.45, 2.75) is 13.5 Å². The lowest BCUT2D eigenvalue weighted by atomic mass is 10.1.